The average molecular weight is 408 g/mol. The number of amides is 1. The highest BCUT2D eigenvalue weighted by molar-refractivity contribution is 6.07. The van der Waals surface area contributed by atoms with Crippen LogP contribution in [-0.2, 0) is 22.7 Å². The van der Waals surface area contributed by atoms with E-state index >= 15 is 0 Å². The first-order valence-electron chi connectivity index (χ1n) is 9.79. The number of nitrogens with zero attached hydrogens (tertiary/aromatic N) is 5. The second-order valence-corrected chi connectivity index (χ2v) is 7.02. The molecule has 3 heterocycles. The number of benzene rings is 1. The lowest BCUT2D eigenvalue weighted by atomic mass is 10.0. The Kier molecular flexibility index (Phi) is 5.51. The Morgan fingerprint density at radius 3 is 2.90 bits per heavy atom. The van der Waals surface area contributed by atoms with Crippen molar-refractivity contribution in [2.24, 2.45) is 5.16 Å². The van der Waals surface area contributed by atoms with E-state index in [0.717, 1.165) is 23.4 Å². The molecule has 0 saturated carbocycles. The summed E-state index contributed by atoms with van der Waals surface area (Å²) in [6, 6.07) is 7.53. The molecule has 0 aliphatic carbocycles. The monoisotopic (exact) mass is 408 g/mol. The van der Waals surface area contributed by atoms with E-state index in [1.54, 1.807) is 24.2 Å². The Hall–Kier alpha value is -3.62. The number of aromatic nitrogens is 4. The first-order chi connectivity index (χ1) is 14.6. The van der Waals surface area contributed by atoms with Crippen LogP contribution in [-0.4, -0.2) is 44.4 Å². The third-order valence-corrected chi connectivity index (χ3v) is 5.12. The quantitative estimate of drug-likeness (QED) is 0.648. The third-order valence-electron chi connectivity index (χ3n) is 5.12. The van der Waals surface area contributed by atoms with Gasteiger partial charge in [0.25, 0.3) is 5.91 Å². The summed E-state index contributed by atoms with van der Waals surface area (Å²) in [5.74, 6) is 0.432. The van der Waals surface area contributed by atoms with Crippen LogP contribution in [0, 0.1) is 6.92 Å². The summed E-state index contributed by atoms with van der Waals surface area (Å²) in [5, 5.41) is 15.6. The standard InChI is InChI=1S/C21H24N6O3/c1-4-27-14(2)15(10-23-27)12-26-13-16(11-22-26)24-21(28)20-9-18(25-30-20)17-7-5-6-8-19(17)29-3/h5-8,10-11,13,20H,4,9,12H2,1-3H3,(H,24,28). The molecule has 1 atom stereocenters. The van der Waals surface area contributed by atoms with E-state index < -0.39 is 6.10 Å². The molecule has 9 heteroatoms. The molecule has 1 amide bonds. The first-order valence-corrected chi connectivity index (χ1v) is 9.79. The number of aryl methyl sites for hydroxylation is 1. The van der Waals surface area contributed by atoms with Gasteiger partial charge in [0, 0.05) is 36.0 Å². The van der Waals surface area contributed by atoms with Crippen molar-refractivity contribution in [1.29, 1.82) is 0 Å². The number of nitrogens with one attached hydrogen (secondary N) is 1. The molecule has 0 spiro atoms. The van der Waals surface area contributed by atoms with Crippen LogP contribution in [0.1, 0.15) is 30.2 Å². The predicted molar refractivity (Wildman–Crippen MR) is 112 cm³/mol. The van der Waals surface area contributed by atoms with Crippen molar-refractivity contribution in [3.63, 3.8) is 0 Å². The molecular weight excluding hydrogens is 384 g/mol. The van der Waals surface area contributed by atoms with E-state index in [2.05, 4.69) is 27.6 Å². The summed E-state index contributed by atoms with van der Waals surface area (Å²) < 4.78 is 9.08. The van der Waals surface area contributed by atoms with Crippen LogP contribution in [0.15, 0.2) is 48.0 Å². The van der Waals surface area contributed by atoms with Crippen molar-refractivity contribution in [2.45, 2.75) is 39.5 Å². The first kappa shape index (κ1) is 19.7. The fraction of sp³-hybridized carbons (Fsp3) is 0.333. The molecule has 2 aromatic heterocycles. The van der Waals surface area contributed by atoms with Gasteiger partial charge in [0.1, 0.15) is 5.75 Å². The number of ether oxygens (including phenoxy) is 1. The number of oxime groups is 1. The Morgan fingerprint density at radius 2 is 2.13 bits per heavy atom. The largest absolute Gasteiger partial charge is 0.496 e. The van der Waals surface area contributed by atoms with Crippen LogP contribution in [0.4, 0.5) is 5.69 Å². The fourth-order valence-electron chi connectivity index (χ4n) is 3.43. The van der Waals surface area contributed by atoms with Crippen molar-refractivity contribution in [3.8, 4) is 5.75 Å². The maximum Gasteiger partial charge on any atom is 0.268 e. The van der Waals surface area contributed by atoms with Crippen LogP contribution < -0.4 is 10.1 Å². The molecule has 30 heavy (non-hydrogen) atoms. The lowest BCUT2D eigenvalue weighted by Crippen LogP contribution is -2.27. The van der Waals surface area contributed by atoms with Crippen molar-refractivity contribution < 1.29 is 14.4 Å². The maximum atomic E-state index is 12.6. The van der Waals surface area contributed by atoms with Crippen molar-refractivity contribution >= 4 is 17.3 Å². The Bertz CT molecular complexity index is 1080. The number of methoxy groups -OCH3 is 1. The van der Waals surface area contributed by atoms with Gasteiger partial charge in [-0.3, -0.25) is 14.2 Å². The predicted octanol–water partition coefficient (Wildman–Crippen LogP) is 2.60. The van der Waals surface area contributed by atoms with Gasteiger partial charge in [0.15, 0.2) is 0 Å². The maximum absolute atomic E-state index is 12.6. The number of hydrogen-bond acceptors (Lipinski definition) is 6. The summed E-state index contributed by atoms with van der Waals surface area (Å²) >= 11 is 0. The number of para-hydroxylation sites is 1. The van der Waals surface area contributed by atoms with E-state index in [1.165, 1.54) is 0 Å². The molecule has 1 N–H and O–H groups in total. The molecule has 0 fully saturated rings. The molecule has 1 aromatic carbocycles. The van der Waals surface area contributed by atoms with Gasteiger partial charge in [0.2, 0.25) is 6.10 Å². The fourth-order valence-corrected chi connectivity index (χ4v) is 3.43. The zero-order valence-electron chi connectivity index (χ0n) is 17.2. The van der Waals surface area contributed by atoms with Gasteiger partial charge in [-0.25, -0.2) is 0 Å². The van der Waals surface area contributed by atoms with Crippen molar-refractivity contribution in [3.05, 3.63) is 59.7 Å². The SMILES string of the molecule is CCn1ncc(Cn2cc(NC(=O)C3CC(c4ccccc4OC)=NO3)cn2)c1C. The number of rotatable bonds is 7. The number of anilines is 1. The average Bonchev–Trinajstić information content (AvgIpc) is 3.49. The molecule has 0 bridgehead atoms. The Labute approximate surface area is 174 Å². The van der Waals surface area contributed by atoms with E-state index in [-0.39, 0.29) is 5.91 Å². The highest BCUT2D eigenvalue weighted by Crippen LogP contribution is 2.25. The van der Waals surface area contributed by atoms with Gasteiger partial charge < -0.3 is 14.9 Å². The lowest BCUT2D eigenvalue weighted by molar-refractivity contribution is -0.125. The van der Waals surface area contributed by atoms with Gasteiger partial charge in [-0.05, 0) is 26.0 Å². The molecule has 3 aromatic rings. The molecule has 156 valence electrons. The zero-order chi connectivity index (χ0) is 21.1. The van der Waals surface area contributed by atoms with Crippen LogP contribution >= 0.6 is 0 Å². The minimum absolute atomic E-state index is 0.266. The molecule has 1 aliphatic heterocycles. The highest BCUT2D eigenvalue weighted by atomic mass is 16.6. The molecular formula is C21H24N6O3. The van der Waals surface area contributed by atoms with Crippen LogP contribution in [0.25, 0.3) is 0 Å². The van der Waals surface area contributed by atoms with Crippen LogP contribution in [0.2, 0.25) is 0 Å². The summed E-state index contributed by atoms with van der Waals surface area (Å²) in [5.41, 5.74) is 4.32. The Balaban J connectivity index is 1.37. The molecule has 9 nitrogen and oxygen atoms in total. The Morgan fingerprint density at radius 1 is 1.30 bits per heavy atom. The number of carbonyl (C=O) groups is 1. The minimum Gasteiger partial charge on any atom is -0.496 e. The lowest BCUT2D eigenvalue weighted by Gasteiger charge is -2.08. The van der Waals surface area contributed by atoms with Gasteiger partial charge in [0.05, 0.1) is 37.4 Å². The molecule has 0 radical (unpaired) electrons. The van der Waals surface area contributed by atoms with Gasteiger partial charge in [-0.1, -0.05) is 17.3 Å². The zero-order valence-corrected chi connectivity index (χ0v) is 17.2. The van der Waals surface area contributed by atoms with Gasteiger partial charge >= 0.3 is 0 Å². The smallest absolute Gasteiger partial charge is 0.268 e. The summed E-state index contributed by atoms with van der Waals surface area (Å²) in [6.07, 6.45) is 4.93. The van der Waals surface area contributed by atoms with E-state index in [1.807, 2.05) is 42.1 Å². The molecule has 1 aliphatic rings. The summed E-state index contributed by atoms with van der Waals surface area (Å²) in [7, 11) is 1.60. The van der Waals surface area contributed by atoms with E-state index in [9.17, 15) is 4.79 Å². The van der Waals surface area contributed by atoms with Crippen LogP contribution in [0.3, 0.4) is 0 Å². The van der Waals surface area contributed by atoms with Gasteiger partial charge in [-0.15, -0.1) is 0 Å². The number of hydrogen-bond donors (Lipinski definition) is 1. The van der Waals surface area contributed by atoms with Crippen LogP contribution in [0.5, 0.6) is 5.75 Å². The highest BCUT2D eigenvalue weighted by Gasteiger charge is 2.30. The van der Waals surface area contributed by atoms with E-state index in [4.69, 9.17) is 9.57 Å². The minimum atomic E-state index is -0.696. The third kappa shape index (κ3) is 3.91. The summed E-state index contributed by atoms with van der Waals surface area (Å²) in [4.78, 5) is 18.0. The molecule has 1 unspecified atom stereocenters. The number of carbonyl (C=O) groups excluding carboxylic acids is 1. The van der Waals surface area contributed by atoms with E-state index in [0.29, 0.717) is 30.1 Å². The molecule has 0 saturated heterocycles. The normalized spacial score (nSPS) is 15.6. The van der Waals surface area contributed by atoms with Gasteiger partial charge in [-0.2, -0.15) is 10.2 Å². The van der Waals surface area contributed by atoms with Crippen molar-refractivity contribution in [1.82, 2.24) is 19.6 Å². The van der Waals surface area contributed by atoms with Crippen molar-refractivity contribution in [2.75, 3.05) is 12.4 Å². The second kappa shape index (κ2) is 8.40. The molecule has 4 rings (SSSR count). The topological polar surface area (TPSA) is 95.6 Å². The second-order valence-electron chi connectivity index (χ2n) is 7.02. The summed E-state index contributed by atoms with van der Waals surface area (Å²) in [6.45, 7) is 5.50.